The van der Waals surface area contributed by atoms with Crippen molar-refractivity contribution >= 4 is 0 Å². The van der Waals surface area contributed by atoms with Gasteiger partial charge in [0.25, 0.3) is 0 Å². The van der Waals surface area contributed by atoms with Gasteiger partial charge in [0.1, 0.15) is 0 Å². The molecule has 0 saturated heterocycles. The third kappa shape index (κ3) is 5.14. The Labute approximate surface area is 138 Å². The average Bonchev–Trinajstić information content (AvgIpc) is 2.55. The van der Waals surface area contributed by atoms with E-state index in [2.05, 4.69) is 52.0 Å². The fourth-order valence-electron chi connectivity index (χ4n) is 4.10. The molecule has 0 aromatic heterocycles. The summed E-state index contributed by atoms with van der Waals surface area (Å²) < 4.78 is 0. The van der Waals surface area contributed by atoms with Crippen LogP contribution in [0, 0.1) is 23.7 Å². The molecule has 124 valence electrons. The van der Waals surface area contributed by atoms with Crippen molar-refractivity contribution in [2.75, 3.05) is 0 Å². The standard InChI is InChI=1S/C13H18.C9H18/c1-10(2)12-8-7-11-5-3-4-6-13(11)9-12;1-8(2)9-6-4-3-5-7-9/h3-6,10,12H,7-9H2,1-2H3;8-9H,3-7H2,1-2H3. The molecule has 2 aliphatic rings. The zero-order valence-electron chi connectivity index (χ0n) is 15.3. The molecule has 1 aromatic rings. The third-order valence-electron chi connectivity index (χ3n) is 5.92. The van der Waals surface area contributed by atoms with E-state index in [1.54, 1.807) is 11.1 Å². The van der Waals surface area contributed by atoms with Crippen molar-refractivity contribution in [3.05, 3.63) is 35.4 Å². The van der Waals surface area contributed by atoms with Gasteiger partial charge in [-0.1, -0.05) is 84.1 Å². The Morgan fingerprint density at radius 3 is 1.86 bits per heavy atom. The molecule has 1 atom stereocenters. The maximum atomic E-state index is 2.36. The fourth-order valence-corrected chi connectivity index (χ4v) is 4.10. The van der Waals surface area contributed by atoms with E-state index in [4.69, 9.17) is 0 Å². The number of fused-ring (bicyclic) bond motifs is 1. The number of aryl methyl sites for hydroxylation is 1. The topological polar surface area (TPSA) is 0 Å². The van der Waals surface area contributed by atoms with Crippen LogP contribution in [0.5, 0.6) is 0 Å². The van der Waals surface area contributed by atoms with Crippen LogP contribution in [0.4, 0.5) is 0 Å². The molecule has 0 aliphatic heterocycles. The van der Waals surface area contributed by atoms with Gasteiger partial charge in [-0.25, -0.2) is 0 Å². The molecule has 0 spiro atoms. The zero-order chi connectivity index (χ0) is 15.9. The van der Waals surface area contributed by atoms with Crippen LogP contribution in [-0.4, -0.2) is 0 Å². The molecule has 22 heavy (non-hydrogen) atoms. The maximum Gasteiger partial charge on any atom is -0.0245 e. The smallest absolute Gasteiger partial charge is 0.0245 e. The molecule has 0 heterocycles. The second-order valence-corrected chi connectivity index (χ2v) is 8.16. The summed E-state index contributed by atoms with van der Waals surface area (Å²) in [6.45, 7) is 9.41. The van der Waals surface area contributed by atoms with Crippen LogP contribution in [0.3, 0.4) is 0 Å². The first-order chi connectivity index (χ1) is 10.6. The summed E-state index contributed by atoms with van der Waals surface area (Å²) >= 11 is 0. The molecule has 0 bridgehead atoms. The van der Waals surface area contributed by atoms with Gasteiger partial charge in [0.2, 0.25) is 0 Å². The van der Waals surface area contributed by atoms with Gasteiger partial charge in [-0.3, -0.25) is 0 Å². The molecule has 3 rings (SSSR count). The van der Waals surface area contributed by atoms with Gasteiger partial charge in [-0.2, -0.15) is 0 Å². The lowest BCUT2D eigenvalue weighted by Gasteiger charge is -2.27. The van der Waals surface area contributed by atoms with E-state index in [1.807, 2.05) is 0 Å². The minimum atomic E-state index is 0.841. The molecular formula is C22H36. The van der Waals surface area contributed by atoms with Gasteiger partial charge < -0.3 is 0 Å². The van der Waals surface area contributed by atoms with Crippen molar-refractivity contribution in [2.24, 2.45) is 23.7 Å². The Balaban J connectivity index is 0.000000172. The minimum absolute atomic E-state index is 0.841. The molecule has 1 fully saturated rings. The molecule has 2 aliphatic carbocycles. The van der Waals surface area contributed by atoms with E-state index >= 15 is 0 Å². The first-order valence-corrected chi connectivity index (χ1v) is 9.64. The van der Waals surface area contributed by atoms with E-state index in [0.717, 1.165) is 23.7 Å². The SMILES string of the molecule is CC(C)C1CCCCC1.CC(C)C1CCc2ccccc2C1. The fraction of sp³-hybridized carbons (Fsp3) is 0.727. The van der Waals surface area contributed by atoms with Crippen molar-refractivity contribution in [1.82, 2.24) is 0 Å². The van der Waals surface area contributed by atoms with E-state index in [0.29, 0.717) is 0 Å². The van der Waals surface area contributed by atoms with E-state index < -0.39 is 0 Å². The lowest BCUT2D eigenvalue weighted by molar-refractivity contribution is 0.279. The van der Waals surface area contributed by atoms with Crippen molar-refractivity contribution < 1.29 is 0 Å². The molecule has 1 aromatic carbocycles. The molecule has 0 amide bonds. The Morgan fingerprint density at radius 2 is 1.32 bits per heavy atom. The van der Waals surface area contributed by atoms with Crippen molar-refractivity contribution in [2.45, 2.75) is 79.1 Å². The van der Waals surface area contributed by atoms with Gasteiger partial charge in [-0.15, -0.1) is 0 Å². The predicted molar refractivity (Wildman–Crippen MR) is 98.2 cm³/mol. The highest BCUT2D eigenvalue weighted by Gasteiger charge is 2.20. The highest BCUT2D eigenvalue weighted by atomic mass is 14.2. The summed E-state index contributed by atoms with van der Waals surface area (Å²) in [5.41, 5.74) is 3.17. The van der Waals surface area contributed by atoms with Gasteiger partial charge in [-0.05, 0) is 54.1 Å². The van der Waals surface area contributed by atoms with Crippen LogP contribution in [0.25, 0.3) is 0 Å². The second kappa shape index (κ2) is 8.75. The number of hydrogen-bond donors (Lipinski definition) is 0. The molecule has 0 radical (unpaired) electrons. The Kier molecular flexibility index (Phi) is 6.99. The maximum absolute atomic E-state index is 2.36. The van der Waals surface area contributed by atoms with Crippen LogP contribution in [0.15, 0.2) is 24.3 Å². The summed E-state index contributed by atoms with van der Waals surface area (Å²) in [7, 11) is 0. The predicted octanol–water partition coefficient (Wildman–Crippen LogP) is 6.67. The average molecular weight is 301 g/mol. The van der Waals surface area contributed by atoms with Crippen molar-refractivity contribution in [3.8, 4) is 0 Å². The van der Waals surface area contributed by atoms with Gasteiger partial charge in [0.05, 0.1) is 0 Å². The Morgan fingerprint density at radius 1 is 0.727 bits per heavy atom. The van der Waals surface area contributed by atoms with Crippen LogP contribution < -0.4 is 0 Å². The van der Waals surface area contributed by atoms with Crippen LogP contribution >= 0.6 is 0 Å². The molecule has 0 N–H and O–H groups in total. The summed E-state index contributed by atoms with van der Waals surface area (Å²) in [4.78, 5) is 0. The van der Waals surface area contributed by atoms with Crippen molar-refractivity contribution in [3.63, 3.8) is 0 Å². The minimum Gasteiger partial charge on any atom is -0.0625 e. The summed E-state index contributed by atoms with van der Waals surface area (Å²) in [5, 5.41) is 0. The Hall–Kier alpha value is -0.780. The quantitative estimate of drug-likeness (QED) is 0.572. The van der Waals surface area contributed by atoms with E-state index in [9.17, 15) is 0 Å². The van der Waals surface area contributed by atoms with Gasteiger partial charge in [0, 0.05) is 0 Å². The molecule has 0 nitrogen and oxygen atoms in total. The summed E-state index contributed by atoms with van der Waals surface area (Å²) in [6, 6.07) is 8.91. The lowest BCUT2D eigenvalue weighted by atomic mass is 9.78. The molecular weight excluding hydrogens is 264 g/mol. The highest BCUT2D eigenvalue weighted by Crippen LogP contribution is 2.30. The van der Waals surface area contributed by atoms with E-state index in [-0.39, 0.29) is 0 Å². The summed E-state index contributed by atoms with van der Waals surface area (Å²) in [5.74, 6) is 3.74. The normalized spacial score (nSPS) is 22.2. The molecule has 1 unspecified atom stereocenters. The number of hydrogen-bond acceptors (Lipinski definition) is 0. The van der Waals surface area contributed by atoms with Gasteiger partial charge >= 0.3 is 0 Å². The molecule has 1 saturated carbocycles. The first-order valence-electron chi connectivity index (χ1n) is 9.64. The third-order valence-corrected chi connectivity index (χ3v) is 5.92. The largest absolute Gasteiger partial charge is 0.0625 e. The van der Waals surface area contributed by atoms with E-state index in [1.165, 1.54) is 51.4 Å². The van der Waals surface area contributed by atoms with Crippen molar-refractivity contribution in [1.29, 1.82) is 0 Å². The molecule has 0 heteroatoms. The number of benzene rings is 1. The summed E-state index contributed by atoms with van der Waals surface area (Å²) in [6.07, 6.45) is 11.4. The second-order valence-electron chi connectivity index (χ2n) is 8.16. The van der Waals surface area contributed by atoms with Crippen LogP contribution in [0.1, 0.15) is 77.3 Å². The number of rotatable bonds is 2. The first kappa shape index (κ1) is 17.6. The monoisotopic (exact) mass is 300 g/mol. The Bertz CT molecular complexity index is 423. The van der Waals surface area contributed by atoms with Crippen LogP contribution in [0.2, 0.25) is 0 Å². The highest BCUT2D eigenvalue weighted by molar-refractivity contribution is 5.29. The van der Waals surface area contributed by atoms with Gasteiger partial charge in [0.15, 0.2) is 0 Å². The zero-order valence-corrected chi connectivity index (χ0v) is 15.3. The lowest BCUT2D eigenvalue weighted by Crippen LogP contribution is -2.18. The van der Waals surface area contributed by atoms with Crippen LogP contribution in [-0.2, 0) is 12.8 Å².